The summed E-state index contributed by atoms with van der Waals surface area (Å²) in [4.78, 5) is 7.73. The van der Waals surface area contributed by atoms with E-state index in [1.807, 2.05) is 0 Å². The molecule has 0 spiro atoms. The Morgan fingerprint density at radius 1 is 0.370 bits per heavy atom. The maximum absolute atomic E-state index is 2.67. The monoisotopic (exact) mass is 948 g/mol. The highest BCUT2D eigenvalue weighted by molar-refractivity contribution is 7.00. The number of hydrogen-bond donors (Lipinski definition) is 0. The van der Waals surface area contributed by atoms with Crippen molar-refractivity contribution < 1.29 is 0 Å². The normalized spacial score (nSPS) is 14.3. The molecule has 0 saturated carbocycles. The van der Waals surface area contributed by atoms with Crippen LogP contribution in [0.1, 0.15) is 104 Å². The first-order valence-electron chi connectivity index (χ1n) is 26.3. The molecule has 0 bridgehead atoms. The maximum atomic E-state index is 2.67. The summed E-state index contributed by atoms with van der Waals surface area (Å²) in [6.45, 7) is 25.9. The molecule has 0 radical (unpaired) electrons. The van der Waals surface area contributed by atoms with E-state index in [9.17, 15) is 0 Å². The van der Waals surface area contributed by atoms with E-state index < -0.39 is 0 Å². The van der Waals surface area contributed by atoms with Crippen molar-refractivity contribution in [2.45, 2.75) is 97.8 Å². The number of fused-ring (bicyclic) bond motifs is 7. The predicted octanol–water partition coefficient (Wildman–Crippen LogP) is 17.1. The summed E-state index contributed by atoms with van der Waals surface area (Å²) in [5.74, 6) is 0. The molecule has 3 nitrogen and oxygen atoms in total. The van der Waals surface area contributed by atoms with E-state index >= 15 is 0 Å². The first kappa shape index (κ1) is 46.5. The maximum Gasteiger partial charge on any atom is 0.252 e. The predicted molar refractivity (Wildman–Crippen MR) is 314 cm³/mol. The zero-order valence-electron chi connectivity index (χ0n) is 44.5. The lowest BCUT2D eigenvalue weighted by molar-refractivity contribution is 0.590. The summed E-state index contributed by atoms with van der Waals surface area (Å²) >= 11 is 0. The van der Waals surface area contributed by atoms with E-state index in [4.69, 9.17) is 0 Å². The summed E-state index contributed by atoms with van der Waals surface area (Å²) in [5, 5.41) is 0. The van der Waals surface area contributed by atoms with E-state index in [1.165, 1.54) is 94.9 Å². The van der Waals surface area contributed by atoms with Gasteiger partial charge in [0.15, 0.2) is 0 Å². The molecular formula is C69H66BN3. The molecule has 9 aromatic carbocycles. The second kappa shape index (κ2) is 16.8. The van der Waals surface area contributed by atoms with Crippen molar-refractivity contribution in [1.82, 2.24) is 0 Å². The van der Waals surface area contributed by atoms with Crippen molar-refractivity contribution in [3.05, 3.63) is 228 Å². The van der Waals surface area contributed by atoms with Crippen molar-refractivity contribution >= 4 is 74.3 Å². The Bertz CT molecular complexity index is 3570. The fraction of sp³-hybridized carbons (Fsp3) is 0.217. The van der Waals surface area contributed by atoms with Crippen LogP contribution in [-0.2, 0) is 21.7 Å². The average Bonchev–Trinajstić information content (AvgIpc) is 3.62. The Morgan fingerprint density at radius 2 is 0.904 bits per heavy atom. The first-order chi connectivity index (χ1) is 34.9. The van der Waals surface area contributed by atoms with Crippen LogP contribution in [0.25, 0.3) is 22.3 Å². The summed E-state index contributed by atoms with van der Waals surface area (Å²) in [5.41, 5.74) is 25.8. The molecule has 360 valence electrons. The quantitative estimate of drug-likeness (QED) is 0.154. The molecule has 0 aromatic heterocycles. The van der Waals surface area contributed by atoms with Crippen LogP contribution in [0.4, 0.5) is 51.2 Å². The highest BCUT2D eigenvalue weighted by atomic mass is 15.2. The second-order valence-electron chi connectivity index (χ2n) is 24.3. The van der Waals surface area contributed by atoms with Crippen LogP contribution < -0.4 is 31.1 Å². The third kappa shape index (κ3) is 7.55. The fourth-order valence-electron chi connectivity index (χ4n) is 12.2. The zero-order valence-corrected chi connectivity index (χ0v) is 44.5. The first-order valence-corrected chi connectivity index (χ1v) is 26.3. The van der Waals surface area contributed by atoms with Crippen LogP contribution in [0.3, 0.4) is 0 Å². The molecule has 1 aliphatic carbocycles. The number of rotatable bonds is 6. The van der Waals surface area contributed by atoms with E-state index in [1.54, 1.807) is 0 Å². The highest BCUT2D eigenvalue weighted by Gasteiger charge is 2.47. The van der Waals surface area contributed by atoms with Gasteiger partial charge in [0.25, 0.3) is 6.71 Å². The minimum absolute atomic E-state index is 0.0599. The number of para-hydroxylation sites is 2. The minimum atomic E-state index is -0.232. The van der Waals surface area contributed by atoms with Gasteiger partial charge in [-0.2, -0.15) is 0 Å². The standard InChI is InChI=1S/C69H66BN3/c1-66(2,3)46-34-38-58(54(40-46)45-24-15-12-16-25-45)72-61-44-51(71(49-26-17-13-18-27-49)50-28-19-14-20-29-50)36-37-56(61)70-57-41-47(67(4,5)6)35-39-59(57)73(63-43-48(68(7,8)9)42-62(72)65(63)70)60-33-23-31-53-52-30-21-22-32-55(52)69(10,11)64(53)60/h12-44H,1-11H3. The molecule has 2 heterocycles. The Labute approximate surface area is 434 Å². The Morgan fingerprint density at radius 3 is 1.52 bits per heavy atom. The SMILES string of the molecule is CC(C)(C)c1ccc2c(c1)B1c3ccc(N(c4ccccc4)c4ccccc4)cc3N(c3ccc(C(C)(C)C)cc3-c3ccccc3)c3cc(C(C)(C)C)cc(c31)N2c1cccc2c1C(C)(C)c1ccccc1-2. The van der Waals surface area contributed by atoms with Crippen LogP contribution in [0.2, 0.25) is 0 Å². The molecule has 0 N–H and O–H groups in total. The van der Waals surface area contributed by atoms with Gasteiger partial charge in [-0.25, -0.2) is 0 Å². The fourth-order valence-corrected chi connectivity index (χ4v) is 12.2. The lowest BCUT2D eigenvalue weighted by Gasteiger charge is -2.46. The van der Waals surface area contributed by atoms with Crippen molar-refractivity contribution in [3.8, 4) is 22.3 Å². The summed E-state index contributed by atoms with van der Waals surface area (Å²) < 4.78 is 0. The number of anilines is 9. The highest BCUT2D eigenvalue weighted by Crippen LogP contribution is 2.56. The van der Waals surface area contributed by atoms with Crippen LogP contribution >= 0.6 is 0 Å². The van der Waals surface area contributed by atoms with E-state index in [0.717, 1.165) is 22.7 Å². The van der Waals surface area contributed by atoms with E-state index in [2.05, 4.69) is 291 Å². The van der Waals surface area contributed by atoms with Crippen molar-refractivity contribution in [3.63, 3.8) is 0 Å². The third-order valence-electron chi connectivity index (χ3n) is 16.1. The second-order valence-corrected chi connectivity index (χ2v) is 24.3. The molecular weight excluding hydrogens is 882 g/mol. The van der Waals surface area contributed by atoms with Gasteiger partial charge in [0.1, 0.15) is 0 Å². The molecule has 3 aliphatic rings. The lowest BCUT2D eigenvalue weighted by Crippen LogP contribution is -2.61. The molecule has 2 aliphatic heterocycles. The largest absolute Gasteiger partial charge is 0.311 e. The average molecular weight is 948 g/mol. The zero-order chi connectivity index (χ0) is 50.8. The van der Waals surface area contributed by atoms with Crippen molar-refractivity contribution in [2.24, 2.45) is 0 Å². The summed E-state index contributed by atoms with van der Waals surface area (Å²) in [6.07, 6.45) is 0. The Balaban J connectivity index is 1.22. The van der Waals surface area contributed by atoms with Gasteiger partial charge < -0.3 is 14.7 Å². The van der Waals surface area contributed by atoms with Crippen LogP contribution in [0, 0.1) is 0 Å². The van der Waals surface area contributed by atoms with Gasteiger partial charge in [-0.05, 0) is 150 Å². The Hall–Kier alpha value is -7.56. The Kier molecular flexibility index (Phi) is 10.7. The molecule has 0 atom stereocenters. The third-order valence-corrected chi connectivity index (χ3v) is 16.1. The molecule has 0 saturated heterocycles. The molecule has 4 heteroatoms. The molecule has 0 fully saturated rings. The van der Waals surface area contributed by atoms with Crippen molar-refractivity contribution in [2.75, 3.05) is 14.7 Å². The van der Waals surface area contributed by atoms with E-state index in [0.29, 0.717) is 0 Å². The van der Waals surface area contributed by atoms with Gasteiger partial charge in [0.2, 0.25) is 0 Å². The minimum Gasteiger partial charge on any atom is -0.311 e. The van der Waals surface area contributed by atoms with Gasteiger partial charge in [-0.3, -0.25) is 0 Å². The van der Waals surface area contributed by atoms with Gasteiger partial charge >= 0.3 is 0 Å². The smallest absolute Gasteiger partial charge is 0.252 e. The molecule has 0 amide bonds. The summed E-state index contributed by atoms with van der Waals surface area (Å²) in [7, 11) is 0. The lowest BCUT2D eigenvalue weighted by atomic mass is 9.33. The molecule has 12 rings (SSSR count). The van der Waals surface area contributed by atoms with Gasteiger partial charge in [0, 0.05) is 50.8 Å². The van der Waals surface area contributed by atoms with Crippen LogP contribution in [-0.4, -0.2) is 6.71 Å². The van der Waals surface area contributed by atoms with E-state index in [-0.39, 0.29) is 28.4 Å². The summed E-state index contributed by atoms with van der Waals surface area (Å²) in [6, 6.07) is 75.9. The van der Waals surface area contributed by atoms with Crippen LogP contribution in [0.5, 0.6) is 0 Å². The topological polar surface area (TPSA) is 9.72 Å². The van der Waals surface area contributed by atoms with Gasteiger partial charge in [-0.1, -0.05) is 204 Å². The molecule has 73 heavy (non-hydrogen) atoms. The number of nitrogens with zero attached hydrogens (tertiary/aromatic N) is 3. The molecule has 0 unspecified atom stereocenters. The van der Waals surface area contributed by atoms with Crippen molar-refractivity contribution in [1.29, 1.82) is 0 Å². The van der Waals surface area contributed by atoms with Gasteiger partial charge in [0.05, 0.1) is 11.4 Å². The number of benzene rings is 9. The number of hydrogen-bond acceptors (Lipinski definition) is 3. The van der Waals surface area contributed by atoms with Gasteiger partial charge in [-0.15, -0.1) is 0 Å². The van der Waals surface area contributed by atoms with Crippen LogP contribution in [0.15, 0.2) is 200 Å². The molecule has 9 aromatic rings.